The highest BCUT2D eigenvalue weighted by Gasteiger charge is 2.34. The molecule has 0 aromatic carbocycles. The van der Waals surface area contributed by atoms with Gasteiger partial charge in [-0.25, -0.2) is 9.59 Å². The molecule has 3 amide bonds. The maximum absolute atomic E-state index is 11.8. The van der Waals surface area contributed by atoms with Gasteiger partial charge in [-0.1, -0.05) is 0 Å². The summed E-state index contributed by atoms with van der Waals surface area (Å²) in [5, 5.41) is 19.9. The number of amides is 3. The van der Waals surface area contributed by atoms with Gasteiger partial charge in [0.25, 0.3) is 0 Å². The Balaban J connectivity index is 2.58. The maximum Gasteiger partial charge on any atom is 0.326 e. The lowest BCUT2D eigenvalue weighted by Gasteiger charge is -2.23. The third kappa shape index (κ3) is 4.21. The van der Waals surface area contributed by atoms with Gasteiger partial charge in [-0.3, -0.25) is 4.79 Å². The van der Waals surface area contributed by atoms with Gasteiger partial charge < -0.3 is 26.2 Å². The molecule has 1 aliphatic carbocycles. The van der Waals surface area contributed by atoms with Crippen molar-refractivity contribution in [3.8, 4) is 0 Å². The number of aliphatic hydroxyl groups is 1. The first-order valence-corrected chi connectivity index (χ1v) is 5.64. The van der Waals surface area contributed by atoms with E-state index in [2.05, 4.69) is 5.32 Å². The molecule has 0 bridgehead atoms. The summed E-state index contributed by atoms with van der Waals surface area (Å²) >= 11 is 0. The molecule has 8 heteroatoms. The fourth-order valence-electron chi connectivity index (χ4n) is 1.58. The van der Waals surface area contributed by atoms with Crippen molar-refractivity contribution in [1.82, 2.24) is 10.2 Å². The van der Waals surface area contributed by atoms with Crippen LogP contribution in [0.25, 0.3) is 0 Å². The number of carboxylic acid groups (broad SMARTS) is 1. The molecule has 0 aliphatic heterocycles. The van der Waals surface area contributed by atoms with Crippen LogP contribution >= 0.6 is 0 Å². The summed E-state index contributed by atoms with van der Waals surface area (Å²) in [6.45, 7) is -0.0586. The molecule has 5 N–H and O–H groups in total. The van der Waals surface area contributed by atoms with Gasteiger partial charge in [0, 0.05) is 12.6 Å². The molecule has 1 aliphatic rings. The van der Waals surface area contributed by atoms with Crippen LogP contribution in [-0.2, 0) is 9.59 Å². The number of nitrogens with two attached hydrogens (primary N) is 1. The average molecular weight is 259 g/mol. The van der Waals surface area contributed by atoms with E-state index in [9.17, 15) is 14.4 Å². The molecule has 102 valence electrons. The summed E-state index contributed by atoms with van der Waals surface area (Å²) in [4.78, 5) is 34.7. The van der Waals surface area contributed by atoms with E-state index in [1.807, 2.05) is 0 Å². The summed E-state index contributed by atoms with van der Waals surface area (Å²) in [5.41, 5.74) is 4.91. The highest BCUT2D eigenvalue weighted by atomic mass is 16.4. The Hall–Kier alpha value is -1.83. The first kappa shape index (κ1) is 14.2. The number of rotatable bonds is 7. The van der Waals surface area contributed by atoms with Gasteiger partial charge in [0.15, 0.2) is 0 Å². The zero-order valence-electron chi connectivity index (χ0n) is 9.83. The highest BCUT2D eigenvalue weighted by molar-refractivity contribution is 5.87. The van der Waals surface area contributed by atoms with E-state index in [0.717, 1.165) is 12.8 Å². The molecule has 1 saturated carbocycles. The Labute approximate surface area is 104 Å². The summed E-state index contributed by atoms with van der Waals surface area (Å²) in [6.07, 6.45) is 1.21. The molecule has 0 heterocycles. The minimum Gasteiger partial charge on any atom is -0.480 e. The van der Waals surface area contributed by atoms with E-state index >= 15 is 0 Å². The smallest absolute Gasteiger partial charge is 0.326 e. The van der Waals surface area contributed by atoms with Crippen LogP contribution < -0.4 is 11.1 Å². The van der Waals surface area contributed by atoms with E-state index in [0.29, 0.717) is 0 Å². The zero-order chi connectivity index (χ0) is 13.7. The fourth-order valence-corrected chi connectivity index (χ4v) is 1.58. The first-order chi connectivity index (χ1) is 8.45. The van der Waals surface area contributed by atoms with Crippen molar-refractivity contribution in [2.24, 2.45) is 5.73 Å². The Kier molecular flexibility index (Phi) is 4.90. The Morgan fingerprint density at radius 2 is 2.00 bits per heavy atom. The first-order valence-electron chi connectivity index (χ1n) is 5.64. The molecule has 1 atom stereocenters. The second-order valence-corrected chi connectivity index (χ2v) is 4.16. The van der Waals surface area contributed by atoms with Crippen molar-refractivity contribution >= 4 is 17.9 Å². The summed E-state index contributed by atoms with van der Waals surface area (Å²) in [7, 11) is 0. The molecule has 0 aromatic rings. The van der Waals surface area contributed by atoms with Crippen molar-refractivity contribution in [2.75, 3.05) is 13.2 Å². The summed E-state index contributed by atoms with van der Waals surface area (Å²) in [6, 6.07) is -1.89. The molecule has 18 heavy (non-hydrogen) atoms. The van der Waals surface area contributed by atoms with E-state index in [-0.39, 0.29) is 19.2 Å². The van der Waals surface area contributed by atoms with E-state index in [1.165, 1.54) is 4.90 Å². The van der Waals surface area contributed by atoms with Crippen LogP contribution in [0.3, 0.4) is 0 Å². The lowest BCUT2D eigenvalue weighted by molar-refractivity contribution is -0.141. The number of carboxylic acids is 1. The van der Waals surface area contributed by atoms with Gasteiger partial charge in [0.1, 0.15) is 6.04 Å². The van der Waals surface area contributed by atoms with Crippen molar-refractivity contribution < 1.29 is 24.6 Å². The number of urea groups is 1. The van der Waals surface area contributed by atoms with E-state index in [4.69, 9.17) is 15.9 Å². The molecule has 0 spiro atoms. The predicted molar refractivity (Wildman–Crippen MR) is 60.6 cm³/mol. The Morgan fingerprint density at radius 3 is 2.39 bits per heavy atom. The lowest BCUT2D eigenvalue weighted by atomic mass is 10.2. The molecule has 0 aromatic heterocycles. The molecule has 0 radical (unpaired) electrons. The monoisotopic (exact) mass is 259 g/mol. The van der Waals surface area contributed by atoms with Crippen molar-refractivity contribution in [2.45, 2.75) is 31.3 Å². The number of primary amides is 1. The molecule has 8 nitrogen and oxygen atoms in total. The number of hydrogen-bond donors (Lipinski definition) is 4. The summed E-state index contributed by atoms with van der Waals surface area (Å²) < 4.78 is 0. The SMILES string of the molecule is NC(=O)CC(NC(=O)N(CCO)C1CC1)C(=O)O. The molecular formula is C10H17N3O5. The third-order valence-corrected chi connectivity index (χ3v) is 2.59. The summed E-state index contributed by atoms with van der Waals surface area (Å²) in [5.74, 6) is -2.12. The van der Waals surface area contributed by atoms with E-state index < -0.39 is 30.4 Å². The topological polar surface area (TPSA) is 133 Å². The Bertz CT molecular complexity index is 342. The number of hydrogen-bond acceptors (Lipinski definition) is 4. The van der Waals surface area contributed by atoms with E-state index in [1.54, 1.807) is 0 Å². The lowest BCUT2D eigenvalue weighted by Crippen LogP contribution is -2.50. The van der Waals surface area contributed by atoms with Gasteiger partial charge in [0.05, 0.1) is 13.0 Å². The predicted octanol–water partition coefficient (Wildman–Crippen LogP) is -1.52. The van der Waals surface area contributed by atoms with Crippen LogP contribution in [0.15, 0.2) is 0 Å². The number of nitrogens with one attached hydrogen (secondary N) is 1. The van der Waals surface area contributed by atoms with Crippen LogP contribution in [0.1, 0.15) is 19.3 Å². The van der Waals surface area contributed by atoms with Gasteiger partial charge in [0.2, 0.25) is 5.91 Å². The molecule has 0 saturated heterocycles. The number of carbonyl (C=O) groups excluding carboxylic acids is 2. The number of aliphatic hydroxyl groups excluding tert-OH is 1. The minimum absolute atomic E-state index is 0.0418. The van der Waals surface area contributed by atoms with Crippen LogP contribution in [-0.4, -0.2) is 58.3 Å². The quantitative estimate of drug-likeness (QED) is 0.440. The molecule has 1 fully saturated rings. The highest BCUT2D eigenvalue weighted by Crippen LogP contribution is 2.26. The van der Waals surface area contributed by atoms with Gasteiger partial charge >= 0.3 is 12.0 Å². The van der Waals surface area contributed by atoms with Crippen molar-refractivity contribution in [3.63, 3.8) is 0 Å². The molecular weight excluding hydrogens is 242 g/mol. The normalized spacial score (nSPS) is 15.8. The average Bonchev–Trinajstić information content (AvgIpc) is 3.07. The maximum atomic E-state index is 11.8. The van der Waals surface area contributed by atoms with Crippen LogP contribution in [0.5, 0.6) is 0 Å². The second-order valence-electron chi connectivity index (χ2n) is 4.16. The van der Waals surface area contributed by atoms with Crippen LogP contribution in [0, 0.1) is 0 Å². The van der Waals surface area contributed by atoms with Crippen molar-refractivity contribution in [1.29, 1.82) is 0 Å². The second kappa shape index (κ2) is 6.20. The minimum atomic E-state index is -1.34. The van der Waals surface area contributed by atoms with Crippen LogP contribution in [0.2, 0.25) is 0 Å². The largest absolute Gasteiger partial charge is 0.480 e. The van der Waals surface area contributed by atoms with Gasteiger partial charge in [-0.2, -0.15) is 0 Å². The van der Waals surface area contributed by atoms with Gasteiger partial charge in [-0.15, -0.1) is 0 Å². The zero-order valence-corrected chi connectivity index (χ0v) is 9.83. The number of nitrogens with zero attached hydrogens (tertiary/aromatic N) is 1. The third-order valence-electron chi connectivity index (χ3n) is 2.59. The van der Waals surface area contributed by atoms with Crippen LogP contribution in [0.4, 0.5) is 4.79 Å². The molecule has 1 unspecified atom stereocenters. The molecule has 1 rings (SSSR count). The fraction of sp³-hybridized carbons (Fsp3) is 0.700. The number of carbonyl (C=O) groups is 3. The van der Waals surface area contributed by atoms with Crippen molar-refractivity contribution in [3.05, 3.63) is 0 Å². The number of aliphatic carboxylic acids is 1. The van der Waals surface area contributed by atoms with Gasteiger partial charge in [-0.05, 0) is 12.8 Å². The standard InChI is InChI=1S/C10H17N3O5/c11-8(15)5-7(9(16)17)12-10(18)13(3-4-14)6-1-2-6/h6-7,14H,1-5H2,(H2,11,15)(H,12,18)(H,16,17). The Morgan fingerprint density at radius 1 is 1.39 bits per heavy atom.